The lowest BCUT2D eigenvalue weighted by atomic mass is 10.1. The molecular formula is C20H21ClN6OS. The van der Waals surface area contributed by atoms with Crippen LogP contribution in [0.3, 0.4) is 0 Å². The zero-order chi connectivity index (χ0) is 20.5. The third kappa shape index (κ3) is 3.77. The highest BCUT2D eigenvalue weighted by atomic mass is 35.5. The van der Waals surface area contributed by atoms with Crippen molar-refractivity contribution in [3.63, 3.8) is 0 Å². The molecule has 0 aromatic carbocycles. The molecule has 0 fully saturated rings. The highest BCUT2D eigenvalue weighted by molar-refractivity contribution is 7.13. The fraction of sp³-hybridized carbons (Fsp3) is 0.300. The van der Waals surface area contributed by atoms with Gasteiger partial charge in [-0.1, -0.05) is 17.7 Å². The summed E-state index contributed by atoms with van der Waals surface area (Å²) in [6.07, 6.45) is 1.76. The number of fused-ring (bicyclic) bond motifs is 1. The van der Waals surface area contributed by atoms with Crippen molar-refractivity contribution in [3.8, 4) is 10.4 Å². The third-order valence-corrected chi connectivity index (χ3v) is 6.28. The summed E-state index contributed by atoms with van der Waals surface area (Å²) < 4.78 is 3.47. The van der Waals surface area contributed by atoms with Crippen molar-refractivity contribution >= 4 is 39.9 Å². The van der Waals surface area contributed by atoms with E-state index in [0.29, 0.717) is 23.8 Å². The topological polar surface area (TPSA) is 77.6 Å². The number of rotatable bonds is 6. The van der Waals surface area contributed by atoms with Crippen LogP contribution < -0.4 is 5.32 Å². The number of nitrogens with one attached hydrogen (secondary N) is 1. The van der Waals surface area contributed by atoms with E-state index in [0.717, 1.165) is 32.9 Å². The summed E-state index contributed by atoms with van der Waals surface area (Å²) >= 11 is 7.84. The van der Waals surface area contributed by atoms with Crippen LogP contribution >= 0.6 is 22.9 Å². The van der Waals surface area contributed by atoms with Crippen LogP contribution in [0.15, 0.2) is 29.8 Å². The van der Waals surface area contributed by atoms with Gasteiger partial charge in [-0.05, 0) is 38.3 Å². The number of hydrogen-bond donors (Lipinski definition) is 1. The third-order valence-electron chi connectivity index (χ3n) is 4.83. The molecule has 29 heavy (non-hydrogen) atoms. The summed E-state index contributed by atoms with van der Waals surface area (Å²) in [4.78, 5) is 18.1. The van der Waals surface area contributed by atoms with Crippen LogP contribution in [-0.4, -0.2) is 37.0 Å². The zero-order valence-electron chi connectivity index (χ0n) is 16.4. The number of pyridine rings is 1. The van der Waals surface area contributed by atoms with Gasteiger partial charge in [0, 0.05) is 23.2 Å². The SMILES string of the molecule is Cc1nn(CCNC(=O)Cn2nc(C)c3c(-c4cccs4)ccnc32)c(C)c1Cl. The van der Waals surface area contributed by atoms with Gasteiger partial charge in [-0.2, -0.15) is 10.2 Å². The Balaban J connectivity index is 1.47. The van der Waals surface area contributed by atoms with Crippen LogP contribution in [0.2, 0.25) is 5.02 Å². The van der Waals surface area contributed by atoms with Crippen molar-refractivity contribution in [3.05, 3.63) is 51.9 Å². The van der Waals surface area contributed by atoms with Crippen molar-refractivity contribution in [1.82, 2.24) is 29.9 Å². The fourth-order valence-corrected chi connectivity index (χ4v) is 4.31. The molecule has 9 heteroatoms. The molecule has 0 aliphatic heterocycles. The van der Waals surface area contributed by atoms with E-state index in [1.165, 1.54) is 0 Å². The number of carbonyl (C=O) groups excluding carboxylic acids is 1. The number of thiophene rings is 1. The first-order valence-corrected chi connectivity index (χ1v) is 10.5. The monoisotopic (exact) mass is 428 g/mol. The first-order valence-electron chi connectivity index (χ1n) is 9.28. The van der Waals surface area contributed by atoms with E-state index in [4.69, 9.17) is 11.6 Å². The van der Waals surface area contributed by atoms with Gasteiger partial charge in [-0.15, -0.1) is 11.3 Å². The van der Waals surface area contributed by atoms with E-state index in [-0.39, 0.29) is 12.5 Å². The Bertz CT molecular complexity index is 1180. The van der Waals surface area contributed by atoms with Crippen LogP contribution in [0.4, 0.5) is 0 Å². The molecule has 0 atom stereocenters. The zero-order valence-corrected chi connectivity index (χ0v) is 18.0. The Labute approximate surface area is 177 Å². The van der Waals surface area contributed by atoms with E-state index in [1.807, 2.05) is 38.3 Å². The molecule has 0 aliphatic rings. The first-order chi connectivity index (χ1) is 14.0. The smallest absolute Gasteiger partial charge is 0.241 e. The van der Waals surface area contributed by atoms with Gasteiger partial charge in [-0.25, -0.2) is 9.67 Å². The van der Waals surface area contributed by atoms with Crippen molar-refractivity contribution < 1.29 is 4.79 Å². The lowest BCUT2D eigenvalue weighted by Gasteiger charge is -2.08. The molecule has 0 spiro atoms. The van der Waals surface area contributed by atoms with E-state index >= 15 is 0 Å². The minimum atomic E-state index is -0.120. The highest BCUT2D eigenvalue weighted by Crippen LogP contribution is 2.32. The largest absolute Gasteiger partial charge is 0.353 e. The number of hydrogen-bond acceptors (Lipinski definition) is 5. The van der Waals surface area contributed by atoms with E-state index in [9.17, 15) is 4.79 Å². The second kappa shape index (κ2) is 7.96. The average Bonchev–Trinajstić information content (AvgIpc) is 3.40. The molecule has 1 amide bonds. The normalized spacial score (nSPS) is 11.3. The minimum absolute atomic E-state index is 0.114. The predicted octanol–water partition coefficient (Wildman–Crippen LogP) is 3.75. The standard InChI is InChI=1S/C20H21ClN6OS/c1-12-18-15(16-5-4-10-29-16)6-7-23-20(18)27(24-12)11-17(28)22-8-9-26-14(3)19(21)13(2)25-26/h4-7,10H,8-9,11H2,1-3H3,(H,22,28). The Morgan fingerprint density at radius 3 is 2.66 bits per heavy atom. The van der Waals surface area contributed by atoms with Gasteiger partial charge < -0.3 is 5.32 Å². The van der Waals surface area contributed by atoms with Gasteiger partial charge in [0.05, 0.1) is 34.0 Å². The van der Waals surface area contributed by atoms with E-state index in [2.05, 4.69) is 26.6 Å². The lowest BCUT2D eigenvalue weighted by molar-refractivity contribution is -0.121. The van der Waals surface area contributed by atoms with Crippen molar-refractivity contribution in [1.29, 1.82) is 0 Å². The van der Waals surface area contributed by atoms with Gasteiger partial charge in [0.15, 0.2) is 5.65 Å². The summed E-state index contributed by atoms with van der Waals surface area (Å²) in [5.74, 6) is -0.120. The summed E-state index contributed by atoms with van der Waals surface area (Å²) in [6, 6.07) is 6.09. The van der Waals surface area contributed by atoms with Crippen molar-refractivity contribution in [2.24, 2.45) is 0 Å². The molecule has 4 aromatic rings. The number of nitrogens with zero attached hydrogens (tertiary/aromatic N) is 5. The molecule has 0 saturated carbocycles. The molecule has 7 nitrogen and oxygen atoms in total. The fourth-order valence-electron chi connectivity index (χ4n) is 3.41. The maximum Gasteiger partial charge on any atom is 0.241 e. The maximum absolute atomic E-state index is 12.5. The molecular weight excluding hydrogens is 408 g/mol. The van der Waals surface area contributed by atoms with Crippen LogP contribution in [-0.2, 0) is 17.9 Å². The molecule has 0 saturated heterocycles. The number of halogens is 1. The molecule has 4 aromatic heterocycles. The van der Waals surface area contributed by atoms with E-state index < -0.39 is 0 Å². The highest BCUT2D eigenvalue weighted by Gasteiger charge is 2.16. The second-order valence-electron chi connectivity index (χ2n) is 6.84. The molecule has 0 radical (unpaired) electrons. The number of aromatic nitrogens is 5. The van der Waals surface area contributed by atoms with Crippen molar-refractivity contribution in [2.75, 3.05) is 6.54 Å². The summed E-state index contributed by atoms with van der Waals surface area (Å²) in [6.45, 7) is 6.87. The molecule has 1 N–H and O–H groups in total. The van der Waals surface area contributed by atoms with Gasteiger partial charge >= 0.3 is 0 Å². The number of carbonyl (C=O) groups is 1. The Hall–Kier alpha value is -2.71. The maximum atomic E-state index is 12.5. The molecule has 150 valence electrons. The number of amides is 1. The van der Waals surface area contributed by atoms with Crippen LogP contribution in [0.1, 0.15) is 17.1 Å². The van der Waals surface area contributed by atoms with Crippen LogP contribution in [0.5, 0.6) is 0 Å². The number of aryl methyl sites for hydroxylation is 2. The Kier molecular flexibility index (Phi) is 5.38. The van der Waals surface area contributed by atoms with Crippen LogP contribution in [0, 0.1) is 20.8 Å². The lowest BCUT2D eigenvalue weighted by Crippen LogP contribution is -2.31. The quantitative estimate of drug-likeness (QED) is 0.507. The van der Waals surface area contributed by atoms with Crippen molar-refractivity contribution in [2.45, 2.75) is 33.9 Å². The molecule has 0 unspecified atom stereocenters. The summed E-state index contributed by atoms with van der Waals surface area (Å²) in [5.41, 5.74) is 4.37. The van der Waals surface area contributed by atoms with Crippen LogP contribution in [0.25, 0.3) is 21.5 Å². The Morgan fingerprint density at radius 2 is 1.97 bits per heavy atom. The Morgan fingerprint density at radius 1 is 1.17 bits per heavy atom. The minimum Gasteiger partial charge on any atom is -0.353 e. The second-order valence-corrected chi connectivity index (χ2v) is 8.16. The van der Waals surface area contributed by atoms with E-state index in [1.54, 1.807) is 26.9 Å². The summed E-state index contributed by atoms with van der Waals surface area (Å²) in [7, 11) is 0. The average molecular weight is 429 g/mol. The molecule has 4 heterocycles. The first kappa shape index (κ1) is 19.6. The predicted molar refractivity (Wildman–Crippen MR) is 115 cm³/mol. The molecule has 0 bridgehead atoms. The van der Waals surface area contributed by atoms with Gasteiger partial charge in [0.1, 0.15) is 6.54 Å². The van der Waals surface area contributed by atoms with Gasteiger partial charge in [-0.3, -0.25) is 9.48 Å². The summed E-state index contributed by atoms with van der Waals surface area (Å²) in [5, 5.41) is 15.6. The molecule has 0 aliphatic carbocycles. The van der Waals surface area contributed by atoms with Gasteiger partial charge in [0.25, 0.3) is 0 Å². The van der Waals surface area contributed by atoms with Gasteiger partial charge in [0.2, 0.25) is 5.91 Å². The molecule has 4 rings (SSSR count).